The van der Waals surface area contributed by atoms with Crippen LogP contribution in [-0.4, -0.2) is 62.4 Å². The predicted molar refractivity (Wildman–Crippen MR) is 112 cm³/mol. The molecule has 0 aliphatic carbocycles. The van der Waals surface area contributed by atoms with Crippen LogP contribution in [-0.2, 0) is 9.59 Å². The van der Waals surface area contributed by atoms with Crippen LogP contribution in [0.2, 0.25) is 0 Å². The van der Waals surface area contributed by atoms with Gasteiger partial charge in [0, 0.05) is 24.9 Å². The second-order valence-electron chi connectivity index (χ2n) is 5.61. The summed E-state index contributed by atoms with van der Waals surface area (Å²) in [6, 6.07) is 5.97. The van der Waals surface area contributed by atoms with Crippen LogP contribution in [0.15, 0.2) is 40.5 Å². The Morgan fingerprint density at radius 3 is 2.62 bits per heavy atom. The summed E-state index contributed by atoms with van der Waals surface area (Å²) >= 11 is 2.30. The van der Waals surface area contributed by atoms with Crippen LogP contribution in [0.5, 0.6) is 5.75 Å². The number of pyridine rings is 2. The number of thioether (sulfide) groups is 2. The van der Waals surface area contributed by atoms with E-state index in [-0.39, 0.29) is 10.8 Å². The van der Waals surface area contributed by atoms with Crippen LogP contribution >= 0.6 is 23.5 Å². The Morgan fingerprint density at radius 2 is 2.10 bits per heavy atom. The SMILES string of the molecule is COc1cc(-c2ccccn2)nc(C(=NO)SC[C@@H](NC(C)=O)C(=O)O)c1SC. The number of carbonyl (C=O) groups is 2. The molecule has 0 radical (unpaired) electrons. The van der Waals surface area contributed by atoms with E-state index in [2.05, 4.69) is 20.4 Å². The van der Waals surface area contributed by atoms with Crippen LogP contribution in [0.1, 0.15) is 12.6 Å². The molecule has 0 saturated carbocycles. The minimum absolute atomic E-state index is 0.0556. The second-order valence-corrected chi connectivity index (χ2v) is 7.44. The minimum Gasteiger partial charge on any atom is -0.495 e. The number of aliphatic carboxylic acids is 1. The molecule has 2 rings (SSSR count). The number of oxime groups is 1. The Labute approximate surface area is 176 Å². The first kappa shape index (κ1) is 22.5. The molecule has 2 aromatic heterocycles. The zero-order valence-corrected chi connectivity index (χ0v) is 17.6. The number of amides is 1. The van der Waals surface area contributed by atoms with Gasteiger partial charge in [0.15, 0.2) is 5.04 Å². The van der Waals surface area contributed by atoms with Crippen molar-refractivity contribution in [2.24, 2.45) is 5.16 Å². The lowest BCUT2D eigenvalue weighted by Crippen LogP contribution is -2.41. The topological polar surface area (TPSA) is 134 Å². The van der Waals surface area contributed by atoms with Crippen LogP contribution < -0.4 is 10.1 Å². The number of carbonyl (C=O) groups excluding carboxylic acids is 1. The van der Waals surface area contributed by atoms with Crippen LogP contribution in [0.3, 0.4) is 0 Å². The first-order valence-electron chi connectivity index (χ1n) is 8.30. The molecule has 11 heteroatoms. The van der Waals surface area contributed by atoms with Gasteiger partial charge >= 0.3 is 5.97 Å². The first-order valence-corrected chi connectivity index (χ1v) is 10.5. The zero-order valence-electron chi connectivity index (χ0n) is 15.9. The third kappa shape index (κ3) is 5.84. The number of hydrogen-bond acceptors (Lipinski definition) is 9. The van der Waals surface area contributed by atoms with Crippen molar-refractivity contribution < 1.29 is 24.6 Å². The lowest BCUT2D eigenvalue weighted by Gasteiger charge is -2.16. The summed E-state index contributed by atoms with van der Waals surface area (Å²) in [7, 11) is 1.52. The smallest absolute Gasteiger partial charge is 0.327 e. The molecule has 2 aromatic rings. The molecule has 0 bridgehead atoms. The third-order valence-corrected chi connectivity index (χ3v) is 5.50. The van der Waals surface area contributed by atoms with Crippen molar-refractivity contribution in [1.82, 2.24) is 15.3 Å². The summed E-state index contributed by atoms with van der Waals surface area (Å²) in [5, 5.41) is 24.6. The Balaban J connectivity index is 2.43. The fraction of sp³-hybridized carbons (Fsp3) is 0.278. The van der Waals surface area contributed by atoms with Gasteiger partial charge in [-0.15, -0.1) is 11.8 Å². The molecule has 0 aliphatic heterocycles. The molecule has 0 aromatic carbocycles. The van der Waals surface area contributed by atoms with E-state index < -0.39 is 17.9 Å². The van der Waals surface area contributed by atoms with E-state index in [4.69, 9.17) is 4.74 Å². The van der Waals surface area contributed by atoms with E-state index in [1.54, 1.807) is 24.4 Å². The van der Waals surface area contributed by atoms with E-state index >= 15 is 0 Å². The highest BCUT2D eigenvalue weighted by Gasteiger charge is 2.24. The summed E-state index contributed by atoms with van der Waals surface area (Å²) < 4.78 is 5.46. The minimum atomic E-state index is -1.19. The van der Waals surface area contributed by atoms with Crippen molar-refractivity contribution in [2.45, 2.75) is 17.9 Å². The van der Waals surface area contributed by atoms with E-state index in [0.717, 1.165) is 11.8 Å². The number of carboxylic acid groups (broad SMARTS) is 1. The van der Waals surface area contributed by atoms with Crippen molar-refractivity contribution in [3.05, 3.63) is 36.2 Å². The van der Waals surface area contributed by atoms with Gasteiger partial charge in [-0.25, -0.2) is 9.78 Å². The molecular formula is C18H20N4O5S2. The highest BCUT2D eigenvalue weighted by molar-refractivity contribution is 8.14. The average molecular weight is 437 g/mol. The van der Waals surface area contributed by atoms with Gasteiger partial charge in [0.05, 0.1) is 23.4 Å². The van der Waals surface area contributed by atoms with Gasteiger partial charge in [-0.05, 0) is 18.4 Å². The van der Waals surface area contributed by atoms with E-state index in [1.165, 1.54) is 25.8 Å². The zero-order chi connectivity index (χ0) is 21.4. The average Bonchev–Trinajstić information content (AvgIpc) is 2.72. The van der Waals surface area contributed by atoms with Gasteiger partial charge in [0.2, 0.25) is 5.91 Å². The predicted octanol–water partition coefficient (Wildman–Crippen LogP) is 2.33. The molecule has 3 N–H and O–H groups in total. The second kappa shape index (κ2) is 10.7. The molecule has 0 aliphatic rings. The monoisotopic (exact) mass is 436 g/mol. The summed E-state index contributed by atoms with van der Waals surface area (Å²) in [6.07, 6.45) is 3.45. The van der Waals surface area contributed by atoms with E-state index in [1.807, 2.05) is 12.3 Å². The number of hydrogen-bond donors (Lipinski definition) is 3. The summed E-state index contributed by atoms with van der Waals surface area (Å²) in [5.41, 5.74) is 1.44. The normalized spacial score (nSPS) is 12.3. The van der Waals surface area contributed by atoms with Crippen LogP contribution in [0.25, 0.3) is 11.4 Å². The molecule has 154 valence electrons. The summed E-state index contributed by atoms with van der Waals surface area (Å²) in [6.45, 7) is 1.23. The molecule has 0 fully saturated rings. The standard InChI is InChI=1S/C18H20N4O5S2/c1-10(23)20-13(18(24)25)9-29-17(22-26)15-16(28-3)14(27-2)8-12(21-15)11-6-4-5-7-19-11/h4-8,13,26H,9H2,1-3H3,(H,20,23)(H,24,25)/t13-/m1/s1. The van der Waals surface area contributed by atoms with Gasteiger partial charge in [-0.3, -0.25) is 9.78 Å². The van der Waals surface area contributed by atoms with Crippen molar-refractivity contribution in [3.63, 3.8) is 0 Å². The quantitative estimate of drug-likeness (QED) is 0.187. The van der Waals surface area contributed by atoms with Gasteiger partial charge in [0.25, 0.3) is 0 Å². The maximum Gasteiger partial charge on any atom is 0.327 e. The number of ether oxygens (including phenoxy) is 1. The van der Waals surface area contributed by atoms with Crippen molar-refractivity contribution in [3.8, 4) is 17.1 Å². The molecule has 0 unspecified atom stereocenters. The van der Waals surface area contributed by atoms with Crippen molar-refractivity contribution in [2.75, 3.05) is 19.1 Å². The Morgan fingerprint density at radius 1 is 1.34 bits per heavy atom. The molecule has 29 heavy (non-hydrogen) atoms. The van der Waals surface area contributed by atoms with Crippen molar-refractivity contribution in [1.29, 1.82) is 0 Å². The van der Waals surface area contributed by atoms with E-state index in [9.17, 15) is 19.9 Å². The molecule has 2 heterocycles. The highest BCUT2D eigenvalue weighted by Crippen LogP contribution is 2.35. The number of aromatic nitrogens is 2. The maximum atomic E-state index is 11.4. The lowest BCUT2D eigenvalue weighted by molar-refractivity contribution is -0.140. The Kier molecular flexibility index (Phi) is 8.28. The molecule has 1 amide bonds. The molecule has 9 nitrogen and oxygen atoms in total. The molecule has 0 saturated heterocycles. The molecule has 0 spiro atoms. The molecule has 1 atom stereocenters. The lowest BCUT2D eigenvalue weighted by atomic mass is 10.2. The summed E-state index contributed by atoms with van der Waals surface area (Å²) in [5.74, 6) is -1.20. The number of nitrogens with one attached hydrogen (secondary N) is 1. The number of methoxy groups -OCH3 is 1. The fourth-order valence-corrected chi connectivity index (χ4v) is 4.01. The van der Waals surface area contributed by atoms with Crippen LogP contribution in [0.4, 0.5) is 0 Å². The van der Waals surface area contributed by atoms with Gasteiger partial charge in [-0.2, -0.15) is 0 Å². The largest absolute Gasteiger partial charge is 0.495 e. The van der Waals surface area contributed by atoms with Gasteiger partial charge in [0.1, 0.15) is 17.5 Å². The Bertz CT molecular complexity index is 909. The molecular weight excluding hydrogens is 416 g/mol. The van der Waals surface area contributed by atoms with Crippen molar-refractivity contribution >= 4 is 40.4 Å². The van der Waals surface area contributed by atoms with Gasteiger partial charge in [-0.1, -0.05) is 23.0 Å². The number of nitrogens with zero attached hydrogens (tertiary/aromatic N) is 3. The van der Waals surface area contributed by atoms with Crippen LogP contribution in [0, 0.1) is 0 Å². The summed E-state index contributed by atoms with van der Waals surface area (Å²) in [4.78, 5) is 32.1. The van der Waals surface area contributed by atoms with Gasteiger partial charge < -0.3 is 20.4 Å². The maximum absolute atomic E-state index is 11.4. The first-order chi connectivity index (χ1) is 13.9. The highest BCUT2D eigenvalue weighted by atomic mass is 32.2. The van der Waals surface area contributed by atoms with E-state index in [0.29, 0.717) is 27.7 Å². The fourth-order valence-electron chi connectivity index (χ4n) is 2.38. The third-order valence-electron chi connectivity index (χ3n) is 3.65. The Hall–Kier alpha value is -2.79. The number of rotatable bonds is 8. The number of carboxylic acids is 1.